The van der Waals surface area contributed by atoms with Crippen LogP contribution in [0.4, 0.5) is 18.9 Å². The smallest absolute Gasteiger partial charge is 0.405 e. The molecule has 0 spiro atoms. The summed E-state index contributed by atoms with van der Waals surface area (Å²) >= 11 is 0. The number of halogens is 3. The average Bonchev–Trinajstić information content (AvgIpc) is 2.33. The molecule has 10 heteroatoms. The van der Waals surface area contributed by atoms with Gasteiger partial charge in [-0.1, -0.05) is 0 Å². The molecule has 0 unspecified atom stereocenters. The van der Waals surface area contributed by atoms with Crippen molar-refractivity contribution in [3.05, 3.63) is 33.9 Å². The van der Waals surface area contributed by atoms with Gasteiger partial charge in [0, 0.05) is 23.9 Å². The molecule has 0 N–H and O–H groups in total. The van der Waals surface area contributed by atoms with E-state index < -0.39 is 38.5 Å². The van der Waals surface area contributed by atoms with Crippen LogP contribution in [0.25, 0.3) is 0 Å². The zero-order valence-electron chi connectivity index (χ0n) is 11.9. The zero-order valence-corrected chi connectivity index (χ0v) is 12.7. The van der Waals surface area contributed by atoms with Crippen molar-refractivity contribution in [3.63, 3.8) is 0 Å². The first-order valence-corrected chi connectivity index (χ1v) is 7.01. The third-order valence-electron chi connectivity index (χ3n) is 2.24. The number of alkyl halides is 3. The first kappa shape index (κ1) is 18.1. The lowest BCUT2D eigenvalue weighted by atomic mass is 10.2. The van der Waals surface area contributed by atoms with E-state index in [0.29, 0.717) is 0 Å². The number of ether oxygens (including phenoxy) is 1. The van der Waals surface area contributed by atoms with Crippen molar-refractivity contribution in [3.8, 4) is 5.75 Å². The number of benzene rings is 1. The second-order valence-electron chi connectivity index (χ2n) is 5.12. The van der Waals surface area contributed by atoms with Crippen molar-refractivity contribution in [2.24, 2.45) is 4.40 Å². The monoisotopic (exact) mass is 338 g/mol. The first-order chi connectivity index (χ1) is 9.90. The minimum atomic E-state index is -4.96. The van der Waals surface area contributed by atoms with Gasteiger partial charge in [-0.05, 0) is 26.8 Å². The van der Waals surface area contributed by atoms with E-state index in [2.05, 4.69) is 9.13 Å². The van der Waals surface area contributed by atoms with Crippen LogP contribution < -0.4 is 4.74 Å². The second kappa shape index (κ2) is 6.42. The highest BCUT2D eigenvalue weighted by molar-refractivity contribution is 7.85. The Morgan fingerprint density at radius 3 is 2.36 bits per heavy atom. The summed E-state index contributed by atoms with van der Waals surface area (Å²) in [6.45, 7) is 4.88. The van der Waals surface area contributed by atoms with E-state index in [1.807, 2.05) is 0 Å². The highest BCUT2D eigenvalue weighted by atomic mass is 32.2. The first-order valence-electron chi connectivity index (χ1n) is 5.90. The molecule has 0 aliphatic carbocycles. The fourth-order valence-corrected chi connectivity index (χ4v) is 1.76. The Hall–Kier alpha value is -1.97. The molecule has 0 aromatic heterocycles. The maximum absolute atomic E-state index is 12.3. The van der Waals surface area contributed by atoms with Crippen molar-refractivity contribution in [1.29, 1.82) is 0 Å². The van der Waals surface area contributed by atoms with Gasteiger partial charge in [-0.15, -0.1) is 13.2 Å². The van der Waals surface area contributed by atoms with Crippen LogP contribution in [0.15, 0.2) is 22.6 Å². The summed E-state index contributed by atoms with van der Waals surface area (Å²) in [7, 11) is -1.72. The van der Waals surface area contributed by atoms with E-state index in [4.69, 9.17) is 0 Å². The molecule has 0 radical (unpaired) electrons. The van der Waals surface area contributed by atoms with Crippen LogP contribution in [0.1, 0.15) is 26.3 Å². The Balaban J connectivity index is 3.23. The predicted molar refractivity (Wildman–Crippen MR) is 75.3 cm³/mol. The van der Waals surface area contributed by atoms with Crippen molar-refractivity contribution < 1.29 is 27.0 Å². The minimum Gasteiger partial charge on any atom is -0.405 e. The lowest BCUT2D eigenvalue weighted by Crippen LogP contribution is -2.20. The Labute approximate surface area is 126 Å². The van der Waals surface area contributed by atoms with Gasteiger partial charge in [0.25, 0.3) is 5.69 Å². The maximum Gasteiger partial charge on any atom is 0.573 e. The largest absolute Gasteiger partial charge is 0.573 e. The Kier molecular flexibility index (Phi) is 5.28. The van der Waals surface area contributed by atoms with Crippen molar-refractivity contribution in [1.82, 2.24) is 0 Å². The van der Waals surface area contributed by atoms with Crippen LogP contribution >= 0.6 is 0 Å². The molecule has 0 saturated carbocycles. The number of nitro benzene ring substituents is 1. The molecule has 0 saturated heterocycles. The zero-order chi connectivity index (χ0) is 17.1. The van der Waals surface area contributed by atoms with Gasteiger partial charge in [-0.25, -0.2) is 4.21 Å². The molecule has 122 valence electrons. The number of hydrogen-bond donors (Lipinski definition) is 0. The van der Waals surface area contributed by atoms with E-state index in [1.54, 1.807) is 20.8 Å². The number of rotatable bonds is 4. The molecular weight excluding hydrogens is 325 g/mol. The molecule has 1 aromatic carbocycles. The summed E-state index contributed by atoms with van der Waals surface area (Å²) in [5.41, 5.74) is -0.721. The number of nitrogens with zero attached hydrogens (tertiary/aromatic N) is 2. The lowest BCUT2D eigenvalue weighted by Gasteiger charge is -2.13. The topological polar surface area (TPSA) is 81.8 Å². The van der Waals surface area contributed by atoms with Gasteiger partial charge in [0.1, 0.15) is 16.7 Å². The highest BCUT2D eigenvalue weighted by Gasteiger charge is 2.32. The molecule has 0 fully saturated rings. The van der Waals surface area contributed by atoms with E-state index in [-0.39, 0.29) is 5.56 Å². The molecule has 0 bridgehead atoms. The Morgan fingerprint density at radius 2 is 1.91 bits per heavy atom. The predicted octanol–water partition coefficient (Wildman–Crippen LogP) is 3.37. The Bertz CT molecular complexity index is 624. The van der Waals surface area contributed by atoms with Crippen LogP contribution in [0, 0.1) is 10.1 Å². The molecule has 6 nitrogen and oxygen atoms in total. The van der Waals surface area contributed by atoms with E-state index in [0.717, 1.165) is 24.4 Å². The third kappa shape index (κ3) is 5.43. The van der Waals surface area contributed by atoms with Crippen LogP contribution in [0.2, 0.25) is 0 Å². The van der Waals surface area contributed by atoms with Crippen LogP contribution in [0.3, 0.4) is 0 Å². The van der Waals surface area contributed by atoms with Crippen LogP contribution in [-0.4, -0.2) is 26.5 Å². The standard InChI is InChI=1S/C12H13F3N2O4S/c1-11(2,3)22(20)16-7-8-6-9(17(18)19)4-5-10(8)21-12(13,14)15/h4-7H,1-3H3/t22-/m1/s1. The van der Waals surface area contributed by atoms with E-state index >= 15 is 0 Å². The second-order valence-corrected chi connectivity index (χ2v) is 7.06. The molecule has 0 aliphatic heterocycles. The lowest BCUT2D eigenvalue weighted by molar-refractivity contribution is -0.385. The summed E-state index contributed by atoms with van der Waals surface area (Å²) in [5, 5.41) is 10.7. The molecule has 0 heterocycles. The fourth-order valence-electron chi connectivity index (χ4n) is 1.23. The summed E-state index contributed by atoms with van der Waals surface area (Å²) in [5.74, 6) is -0.659. The maximum atomic E-state index is 12.3. The van der Waals surface area contributed by atoms with E-state index in [9.17, 15) is 27.5 Å². The third-order valence-corrected chi connectivity index (χ3v) is 3.59. The van der Waals surface area contributed by atoms with Gasteiger partial charge < -0.3 is 4.74 Å². The van der Waals surface area contributed by atoms with Gasteiger partial charge in [0.2, 0.25) is 0 Å². The minimum absolute atomic E-state index is 0.288. The van der Waals surface area contributed by atoms with Gasteiger partial charge in [0.15, 0.2) is 0 Å². The van der Waals surface area contributed by atoms with Crippen molar-refractivity contribution in [2.45, 2.75) is 31.9 Å². The average molecular weight is 338 g/mol. The van der Waals surface area contributed by atoms with Crippen LogP contribution in [-0.2, 0) is 11.0 Å². The summed E-state index contributed by atoms with van der Waals surface area (Å²) in [6, 6.07) is 2.55. The van der Waals surface area contributed by atoms with Crippen molar-refractivity contribution >= 4 is 22.9 Å². The SMILES string of the molecule is CC(C)(C)[S@@](=O)N=Cc1cc([N+](=O)[O-])ccc1OC(F)(F)F. The van der Waals surface area contributed by atoms with E-state index in [1.165, 1.54) is 0 Å². The molecule has 0 amide bonds. The summed E-state index contributed by atoms with van der Waals surface area (Å²) in [4.78, 5) is 9.92. The molecular formula is C12H13F3N2O4S. The number of non-ortho nitro benzene ring substituents is 1. The van der Waals surface area contributed by atoms with Gasteiger partial charge in [-0.3, -0.25) is 10.1 Å². The van der Waals surface area contributed by atoms with Gasteiger partial charge in [-0.2, -0.15) is 4.40 Å². The summed E-state index contributed by atoms with van der Waals surface area (Å²) < 4.78 is 55.4. The van der Waals surface area contributed by atoms with Gasteiger partial charge >= 0.3 is 6.36 Å². The number of nitro groups is 1. The molecule has 1 rings (SSSR count). The highest BCUT2D eigenvalue weighted by Crippen LogP contribution is 2.28. The molecule has 1 aromatic rings. The molecule has 1 atom stereocenters. The van der Waals surface area contributed by atoms with Crippen molar-refractivity contribution in [2.75, 3.05) is 0 Å². The number of hydrogen-bond acceptors (Lipinski definition) is 4. The summed E-state index contributed by atoms with van der Waals surface area (Å²) in [6.07, 6.45) is -4.09. The van der Waals surface area contributed by atoms with Gasteiger partial charge in [0.05, 0.1) is 9.67 Å². The quantitative estimate of drug-likeness (QED) is 0.479. The fraction of sp³-hybridized carbons (Fsp3) is 0.417. The molecule has 0 aliphatic rings. The van der Waals surface area contributed by atoms with Crippen LogP contribution in [0.5, 0.6) is 5.75 Å². The molecule has 22 heavy (non-hydrogen) atoms. The normalized spacial score (nSPS) is 14.1. The Morgan fingerprint density at radius 1 is 1.32 bits per heavy atom.